The number of carbonyl (C=O) groups is 3. The Morgan fingerprint density at radius 2 is 1.81 bits per heavy atom. The molecule has 32 heavy (non-hydrogen) atoms. The molecule has 11 nitrogen and oxygen atoms in total. The quantitative estimate of drug-likeness (QED) is 0.586. The molecule has 1 fully saturated rings. The number of rotatable bonds is 4. The van der Waals surface area contributed by atoms with E-state index < -0.39 is 27.9 Å². The Kier molecular flexibility index (Phi) is 5.73. The Morgan fingerprint density at radius 3 is 2.47 bits per heavy atom. The van der Waals surface area contributed by atoms with Crippen molar-refractivity contribution in [1.29, 1.82) is 0 Å². The Bertz CT molecular complexity index is 1160. The molecular weight excluding hydrogens is 436 g/mol. The highest BCUT2D eigenvalue weighted by Crippen LogP contribution is 2.23. The maximum absolute atomic E-state index is 13.0. The number of hydrogen-bond donors (Lipinski definition) is 3. The van der Waals surface area contributed by atoms with Crippen LogP contribution in [0.2, 0.25) is 0 Å². The van der Waals surface area contributed by atoms with Gasteiger partial charge in [0.1, 0.15) is 10.9 Å². The number of benzene rings is 1. The molecule has 0 unspecified atom stereocenters. The molecule has 4 rings (SSSR count). The van der Waals surface area contributed by atoms with Gasteiger partial charge < -0.3 is 15.5 Å². The third-order valence-corrected chi connectivity index (χ3v) is 7.84. The zero-order chi connectivity index (χ0) is 23.0. The largest absolute Gasteiger partial charge is 0.340 e. The summed E-state index contributed by atoms with van der Waals surface area (Å²) < 4.78 is 27.3. The van der Waals surface area contributed by atoms with Gasteiger partial charge in [-0.2, -0.15) is 9.40 Å². The van der Waals surface area contributed by atoms with E-state index in [1.807, 2.05) is 0 Å². The minimum atomic E-state index is -3.73. The van der Waals surface area contributed by atoms with Gasteiger partial charge in [-0.05, 0) is 26.0 Å². The van der Waals surface area contributed by atoms with Crippen LogP contribution in [0.15, 0.2) is 29.2 Å². The average Bonchev–Trinajstić information content (AvgIpc) is 3.06. The second-order valence-corrected chi connectivity index (χ2v) is 9.69. The molecule has 2 aliphatic rings. The highest BCUT2D eigenvalue weighted by Gasteiger charge is 2.35. The number of H-pyrrole nitrogens is 1. The number of nitrogens with zero attached hydrogens (tertiary/aromatic N) is 3. The van der Waals surface area contributed by atoms with Gasteiger partial charge >= 0.3 is 0 Å². The number of para-hydroxylation sites is 1. The van der Waals surface area contributed by atoms with Gasteiger partial charge in [0, 0.05) is 26.2 Å². The van der Waals surface area contributed by atoms with Crippen molar-refractivity contribution in [2.75, 3.05) is 31.5 Å². The zero-order valence-electron chi connectivity index (χ0n) is 17.7. The van der Waals surface area contributed by atoms with Crippen molar-refractivity contribution in [3.63, 3.8) is 0 Å². The lowest BCUT2D eigenvalue weighted by atomic mass is 10.1. The molecule has 3 N–H and O–H groups in total. The molecule has 1 aromatic heterocycles. The van der Waals surface area contributed by atoms with Crippen molar-refractivity contribution in [3.8, 4) is 0 Å². The molecular formula is C20H24N6O5S. The predicted molar refractivity (Wildman–Crippen MR) is 114 cm³/mol. The van der Waals surface area contributed by atoms with Gasteiger partial charge in [-0.15, -0.1) is 0 Å². The van der Waals surface area contributed by atoms with Crippen LogP contribution in [0.4, 0.5) is 5.69 Å². The molecule has 3 amide bonds. The fourth-order valence-electron chi connectivity index (χ4n) is 3.99. The molecule has 1 aromatic carbocycles. The van der Waals surface area contributed by atoms with Crippen molar-refractivity contribution in [2.45, 2.75) is 31.2 Å². The molecule has 0 spiro atoms. The number of sulfonamides is 1. The van der Waals surface area contributed by atoms with E-state index in [-0.39, 0.29) is 43.4 Å². The lowest BCUT2D eigenvalue weighted by molar-refractivity contribution is -0.134. The third kappa shape index (κ3) is 3.98. The maximum Gasteiger partial charge on any atom is 0.254 e. The Labute approximate surface area is 185 Å². The van der Waals surface area contributed by atoms with Crippen LogP contribution in [0.5, 0.6) is 0 Å². The maximum atomic E-state index is 13.0. The first-order valence-corrected chi connectivity index (χ1v) is 11.6. The molecule has 0 aliphatic carbocycles. The van der Waals surface area contributed by atoms with Gasteiger partial charge in [-0.3, -0.25) is 19.5 Å². The summed E-state index contributed by atoms with van der Waals surface area (Å²) in [4.78, 5) is 39.4. The standard InChI is InChI=1S/C20H24N6O5S/c1-12-18(13(2)24-23-12)32(30,31)26-9-7-25(8-10-26)17(27)11-16-20(29)21-15-6-4-3-5-14(15)19(28)22-16/h3-6,16H,7-11H2,1-2H3,(H,21,29)(H,22,28)(H,23,24)/t16-/m1/s1. The number of aromatic nitrogens is 2. The number of anilines is 1. The predicted octanol–water partition coefficient (Wildman–Crippen LogP) is 0.000240. The van der Waals surface area contributed by atoms with E-state index in [0.717, 1.165) is 0 Å². The van der Waals surface area contributed by atoms with Crippen LogP contribution < -0.4 is 10.6 Å². The van der Waals surface area contributed by atoms with Gasteiger partial charge in [0.25, 0.3) is 5.91 Å². The van der Waals surface area contributed by atoms with E-state index in [9.17, 15) is 22.8 Å². The summed E-state index contributed by atoms with van der Waals surface area (Å²) in [5.74, 6) is -1.23. The fraction of sp³-hybridized carbons (Fsp3) is 0.400. The SMILES string of the molecule is Cc1n[nH]c(C)c1S(=O)(=O)N1CCN(C(=O)C[C@H]2NC(=O)c3ccccc3NC2=O)CC1. The molecule has 2 aromatic rings. The monoisotopic (exact) mass is 460 g/mol. The highest BCUT2D eigenvalue weighted by molar-refractivity contribution is 7.89. The van der Waals surface area contributed by atoms with Crippen molar-refractivity contribution >= 4 is 33.4 Å². The summed E-state index contributed by atoms with van der Waals surface area (Å²) in [6, 6.07) is 5.60. The number of aryl methyl sites for hydroxylation is 2. The first kappa shape index (κ1) is 22.0. The minimum absolute atomic E-state index is 0.132. The molecule has 2 aliphatic heterocycles. The van der Waals surface area contributed by atoms with Crippen molar-refractivity contribution < 1.29 is 22.8 Å². The number of nitrogens with one attached hydrogen (secondary N) is 3. The number of piperazine rings is 1. The van der Waals surface area contributed by atoms with Gasteiger partial charge in [0.2, 0.25) is 21.8 Å². The number of fused-ring (bicyclic) bond motifs is 1. The van der Waals surface area contributed by atoms with Crippen LogP contribution in [0, 0.1) is 13.8 Å². The summed E-state index contributed by atoms with van der Waals surface area (Å²) in [6.45, 7) is 3.92. The van der Waals surface area contributed by atoms with Gasteiger partial charge in [0.15, 0.2) is 0 Å². The van der Waals surface area contributed by atoms with E-state index in [1.165, 1.54) is 9.21 Å². The molecule has 1 saturated heterocycles. The van der Waals surface area contributed by atoms with Crippen LogP contribution in [0.1, 0.15) is 28.2 Å². The summed E-state index contributed by atoms with van der Waals surface area (Å²) >= 11 is 0. The summed E-state index contributed by atoms with van der Waals surface area (Å²) in [5, 5.41) is 11.9. The number of aromatic amines is 1. The van der Waals surface area contributed by atoms with Crippen LogP contribution in [-0.2, 0) is 19.6 Å². The lowest BCUT2D eigenvalue weighted by Crippen LogP contribution is -2.52. The average molecular weight is 461 g/mol. The summed E-state index contributed by atoms with van der Waals surface area (Å²) in [7, 11) is -3.73. The Balaban J connectivity index is 1.39. The fourth-order valence-corrected chi connectivity index (χ4v) is 5.74. The first-order valence-electron chi connectivity index (χ1n) is 10.2. The van der Waals surface area contributed by atoms with E-state index in [4.69, 9.17) is 0 Å². The first-order chi connectivity index (χ1) is 15.2. The lowest BCUT2D eigenvalue weighted by Gasteiger charge is -2.34. The third-order valence-electron chi connectivity index (χ3n) is 5.68. The molecule has 1 atom stereocenters. The van der Waals surface area contributed by atoms with E-state index >= 15 is 0 Å². The number of amides is 3. The van der Waals surface area contributed by atoms with Crippen molar-refractivity contribution in [2.24, 2.45) is 0 Å². The summed E-state index contributed by atoms with van der Waals surface area (Å²) in [6.07, 6.45) is -0.210. The van der Waals surface area contributed by atoms with Crippen LogP contribution in [-0.4, -0.2) is 77.8 Å². The Hall–Kier alpha value is -3.25. The summed E-state index contributed by atoms with van der Waals surface area (Å²) in [5.41, 5.74) is 1.60. The number of hydrogen-bond acceptors (Lipinski definition) is 6. The highest BCUT2D eigenvalue weighted by atomic mass is 32.2. The van der Waals surface area contributed by atoms with E-state index in [1.54, 1.807) is 38.1 Å². The molecule has 0 bridgehead atoms. The van der Waals surface area contributed by atoms with Crippen LogP contribution in [0.25, 0.3) is 0 Å². The van der Waals surface area contributed by atoms with Gasteiger partial charge in [0.05, 0.1) is 29.1 Å². The molecule has 0 saturated carbocycles. The Morgan fingerprint density at radius 1 is 1.12 bits per heavy atom. The topological polar surface area (TPSA) is 145 Å². The number of carbonyl (C=O) groups excluding carboxylic acids is 3. The molecule has 12 heteroatoms. The second kappa shape index (κ2) is 8.36. The second-order valence-electron chi connectivity index (χ2n) is 7.81. The van der Waals surface area contributed by atoms with Crippen molar-refractivity contribution in [3.05, 3.63) is 41.2 Å². The molecule has 3 heterocycles. The molecule has 170 valence electrons. The van der Waals surface area contributed by atoms with E-state index in [2.05, 4.69) is 20.8 Å². The normalized spacial score (nSPS) is 19.7. The molecule has 0 radical (unpaired) electrons. The zero-order valence-corrected chi connectivity index (χ0v) is 18.5. The van der Waals surface area contributed by atoms with Gasteiger partial charge in [-0.1, -0.05) is 12.1 Å². The van der Waals surface area contributed by atoms with Gasteiger partial charge in [-0.25, -0.2) is 8.42 Å². The van der Waals surface area contributed by atoms with Crippen molar-refractivity contribution in [1.82, 2.24) is 24.7 Å². The van der Waals surface area contributed by atoms with Crippen LogP contribution in [0.3, 0.4) is 0 Å². The van der Waals surface area contributed by atoms with E-state index in [0.29, 0.717) is 22.6 Å². The minimum Gasteiger partial charge on any atom is -0.340 e. The van der Waals surface area contributed by atoms with Crippen LogP contribution >= 0.6 is 0 Å². The smallest absolute Gasteiger partial charge is 0.254 e.